The van der Waals surface area contributed by atoms with Crippen LogP contribution in [0.4, 0.5) is 0 Å². The number of aryl methyl sites for hydroxylation is 1. The lowest BCUT2D eigenvalue weighted by molar-refractivity contribution is -0.146. The minimum Gasteiger partial charge on any atom is -0.356 e. The van der Waals surface area contributed by atoms with E-state index in [2.05, 4.69) is 22.3 Å². The number of carbonyl (C=O) groups excluding carboxylic acids is 1. The number of hydrogen-bond donors (Lipinski definition) is 1. The van der Waals surface area contributed by atoms with E-state index in [0.29, 0.717) is 5.91 Å². The van der Waals surface area contributed by atoms with Crippen molar-refractivity contribution in [2.24, 2.45) is 23.2 Å². The van der Waals surface area contributed by atoms with Crippen LogP contribution >= 0.6 is 0 Å². The fraction of sp³-hybridized carbons (Fsp3) is 0.722. The summed E-state index contributed by atoms with van der Waals surface area (Å²) in [7, 11) is 0. The first-order valence-corrected chi connectivity index (χ1v) is 8.63. The maximum atomic E-state index is 12.7. The van der Waals surface area contributed by atoms with E-state index in [1.54, 1.807) is 0 Å². The van der Waals surface area contributed by atoms with E-state index >= 15 is 0 Å². The Morgan fingerprint density at radius 2 is 1.62 bits per heavy atom. The van der Waals surface area contributed by atoms with Crippen LogP contribution in [-0.2, 0) is 11.3 Å². The third-order valence-electron chi connectivity index (χ3n) is 6.06. The van der Waals surface area contributed by atoms with Gasteiger partial charge >= 0.3 is 0 Å². The highest BCUT2D eigenvalue weighted by atomic mass is 16.2. The summed E-state index contributed by atoms with van der Waals surface area (Å²) in [6.45, 7) is 1.81. The molecule has 1 N–H and O–H groups in total. The van der Waals surface area contributed by atoms with Crippen molar-refractivity contribution in [1.82, 2.24) is 9.88 Å². The molecule has 5 rings (SSSR count). The highest BCUT2D eigenvalue weighted by molar-refractivity contribution is 5.83. The Morgan fingerprint density at radius 1 is 1.05 bits per heavy atom. The van der Waals surface area contributed by atoms with Gasteiger partial charge in [0, 0.05) is 30.9 Å². The minimum atomic E-state index is 0.0161. The molecule has 0 spiro atoms. The maximum absolute atomic E-state index is 12.7. The summed E-state index contributed by atoms with van der Waals surface area (Å²) in [4.78, 5) is 12.7. The number of amides is 1. The lowest BCUT2D eigenvalue weighted by Gasteiger charge is -2.55. The normalized spacial score (nSPS) is 36.9. The minimum absolute atomic E-state index is 0.0161. The van der Waals surface area contributed by atoms with Gasteiger partial charge in [-0.25, -0.2) is 0 Å². The fourth-order valence-corrected chi connectivity index (χ4v) is 5.56. The Kier molecular flexibility index (Phi) is 3.31. The highest BCUT2D eigenvalue weighted by Crippen LogP contribution is 2.60. The summed E-state index contributed by atoms with van der Waals surface area (Å²) in [6.07, 6.45) is 12.9. The van der Waals surface area contributed by atoms with Gasteiger partial charge in [0.05, 0.1) is 0 Å². The molecular formula is C18H26N2O. The molecule has 1 amide bonds. The van der Waals surface area contributed by atoms with Gasteiger partial charge < -0.3 is 9.88 Å². The zero-order valence-electron chi connectivity index (χ0n) is 12.8. The van der Waals surface area contributed by atoms with Crippen molar-refractivity contribution in [2.45, 2.75) is 51.5 Å². The number of rotatable bonds is 5. The molecule has 4 bridgehead atoms. The van der Waals surface area contributed by atoms with Crippen LogP contribution in [0.5, 0.6) is 0 Å². The number of aromatic nitrogens is 1. The molecule has 1 aromatic rings. The predicted octanol–water partition coefficient (Wildman–Crippen LogP) is 3.21. The number of carbonyl (C=O) groups is 1. The van der Waals surface area contributed by atoms with E-state index < -0.39 is 0 Å². The van der Waals surface area contributed by atoms with Gasteiger partial charge in [0.25, 0.3) is 0 Å². The van der Waals surface area contributed by atoms with E-state index in [1.165, 1.54) is 38.5 Å². The molecule has 1 aromatic heterocycles. The van der Waals surface area contributed by atoms with Crippen LogP contribution in [0.25, 0.3) is 0 Å². The summed E-state index contributed by atoms with van der Waals surface area (Å²) in [5.74, 6) is 2.92. The molecule has 4 saturated carbocycles. The summed E-state index contributed by atoms with van der Waals surface area (Å²) in [5.41, 5.74) is 0.0161. The first-order chi connectivity index (χ1) is 10.2. The third kappa shape index (κ3) is 2.51. The molecule has 0 aliphatic heterocycles. The summed E-state index contributed by atoms with van der Waals surface area (Å²) in [5, 5.41) is 3.25. The van der Waals surface area contributed by atoms with Crippen LogP contribution in [0.3, 0.4) is 0 Å². The average molecular weight is 286 g/mol. The van der Waals surface area contributed by atoms with Crippen LogP contribution in [0.15, 0.2) is 24.5 Å². The Labute approximate surface area is 127 Å². The van der Waals surface area contributed by atoms with Gasteiger partial charge in [-0.05, 0) is 74.8 Å². The second-order valence-electron chi connectivity index (χ2n) is 7.73. The SMILES string of the molecule is O=C(NCCCn1cccc1)C12CC3CC(CC(C3)C1)C2. The van der Waals surface area contributed by atoms with Gasteiger partial charge in [-0.2, -0.15) is 0 Å². The second-order valence-corrected chi connectivity index (χ2v) is 7.73. The molecular weight excluding hydrogens is 260 g/mol. The molecule has 1 heterocycles. The van der Waals surface area contributed by atoms with Gasteiger partial charge in [0.15, 0.2) is 0 Å². The Balaban J connectivity index is 1.31. The molecule has 0 unspecified atom stereocenters. The third-order valence-corrected chi connectivity index (χ3v) is 6.06. The van der Waals surface area contributed by atoms with E-state index in [-0.39, 0.29) is 5.41 Å². The molecule has 4 aliphatic rings. The highest BCUT2D eigenvalue weighted by Gasteiger charge is 2.54. The van der Waals surface area contributed by atoms with E-state index in [9.17, 15) is 4.79 Å². The molecule has 4 aliphatic carbocycles. The van der Waals surface area contributed by atoms with Crippen molar-refractivity contribution >= 4 is 5.91 Å². The molecule has 3 nitrogen and oxygen atoms in total. The lowest BCUT2D eigenvalue weighted by Crippen LogP contribution is -2.53. The van der Waals surface area contributed by atoms with Gasteiger partial charge in [0.2, 0.25) is 5.91 Å². The molecule has 0 saturated heterocycles. The van der Waals surface area contributed by atoms with Crippen molar-refractivity contribution in [3.8, 4) is 0 Å². The standard InChI is InChI=1S/C18H26N2O/c21-17(19-4-3-7-20-5-1-2-6-20)18-11-14-8-15(12-18)10-16(9-14)13-18/h1-2,5-6,14-16H,3-4,7-13H2,(H,19,21). The average Bonchev–Trinajstić information content (AvgIpc) is 2.95. The molecule has 0 aromatic carbocycles. The number of hydrogen-bond acceptors (Lipinski definition) is 1. The maximum Gasteiger partial charge on any atom is 0.226 e. The summed E-state index contributed by atoms with van der Waals surface area (Å²) >= 11 is 0. The number of nitrogens with one attached hydrogen (secondary N) is 1. The Hall–Kier alpha value is -1.25. The van der Waals surface area contributed by atoms with Crippen LogP contribution in [0.1, 0.15) is 44.9 Å². The molecule has 0 radical (unpaired) electrons. The number of nitrogens with zero attached hydrogens (tertiary/aromatic N) is 1. The van der Waals surface area contributed by atoms with Gasteiger partial charge in [-0.15, -0.1) is 0 Å². The summed E-state index contributed by atoms with van der Waals surface area (Å²) in [6, 6.07) is 4.10. The van der Waals surface area contributed by atoms with Gasteiger partial charge in [-0.3, -0.25) is 4.79 Å². The lowest BCUT2D eigenvalue weighted by atomic mass is 9.49. The van der Waals surface area contributed by atoms with Gasteiger partial charge in [-0.1, -0.05) is 0 Å². The van der Waals surface area contributed by atoms with Crippen LogP contribution < -0.4 is 5.32 Å². The zero-order chi connectivity index (χ0) is 14.3. The van der Waals surface area contributed by atoms with Crippen LogP contribution in [0, 0.1) is 23.2 Å². The largest absolute Gasteiger partial charge is 0.356 e. The van der Waals surface area contributed by atoms with Crippen LogP contribution in [-0.4, -0.2) is 17.0 Å². The summed E-state index contributed by atoms with van der Waals surface area (Å²) < 4.78 is 2.18. The van der Waals surface area contributed by atoms with E-state index in [1.807, 2.05) is 12.1 Å². The molecule has 21 heavy (non-hydrogen) atoms. The molecule has 0 atom stereocenters. The second kappa shape index (κ2) is 5.19. The molecule has 4 fully saturated rings. The van der Waals surface area contributed by atoms with E-state index in [0.717, 1.165) is 37.3 Å². The van der Waals surface area contributed by atoms with Crippen molar-refractivity contribution in [3.05, 3.63) is 24.5 Å². The predicted molar refractivity (Wildman–Crippen MR) is 82.7 cm³/mol. The van der Waals surface area contributed by atoms with Crippen LogP contribution in [0.2, 0.25) is 0 Å². The molecule has 114 valence electrons. The van der Waals surface area contributed by atoms with Crippen molar-refractivity contribution in [1.29, 1.82) is 0 Å². The Bertz CT molecular complexity index is 470. The zero-order valence-corrected chi connectivity index (χ0v) is 12.8. The monoisotopic (exact) mass is 286 g/mol. The topological polar surface area (TPSA) is 34.0 Å². The van der Waals surface area contributed by atoms with Gasteiger partial charge in [0.1, 0.15) is 0 Å². The van der Waals surface area contributed by atoms with Crippen molar-refractivity contribution in [3.63, 3.8) is 0 Å². The van der Waals surface area contributed by atoms with Crippen molar-refractivity contribution < 1.29 is 4.79 Å². The molecule has 3 heteroatoms. The van der Waals surface area contributed by atoms with Crippen molar-refractivity contribution in [2.75, 3.05) is 6.54 Å². The fourth-order valence-electron chi connectivity index (χ4n) is 5.56. The quantitative estimate of drug-likeness (QED) is 0.829. The first-order valence-electron chi connectivity index (χ1n) is 8.63. The first kappa shape index (κ1) is 13.4. The van der Waals surface area contributed by atoms with E-state index in [4.69, 9.17) is 0 Å². The Morgan fingerprint density at radius 3 is 2.19 bits per heavy atom. The smallest absolute Gasteiger partial charge is 0.226 e.